The van der Waals surface area contributed by atoms with Crippen molar-refractivity contribution in [1.82, 2.24) is 14.9 Å². The average Bonchev–Trinajstić information content (AvgIpc) is 2.46. The van der Waals surface area contributed by atoms with Gasteiger partial charge < -0.3 is 14.4 Å². The molecule has 6 heteroatoms. The number of hydrogen-bond acceptors (Lipinski definition) is 5. The number of carbonyl (C=O) groups excluding carboxylic acids is 1. The molecule has 1 aliphatic rings. The molecule has 1 aromatic heterocycles. The first-order valence-electron chi connectivity index (χ1n) is 7.83. The van der Waals surface area contributed by atoms with Crippen LogP contribution in [0.2, 0.25) is 0 Å². The third kappa shape index (κ3) is 4.86. The molecule has 22 heavy (non-hydrogen) atoms. The Kier molecular flexibility index (Phi) is 5.21. The minimum atomic E-state index is -0.479. The molecule has 0 bridgehead atoms. The molecule has 0 unspecified atom stereocenters. The Labute approximate surface area is 131 Å². The van der Waals surface area contributed by atoms with E-state index in [2.05, 4.69) is 9.97 Å². The standard InChI is InChI=1S/C16H25N3O3/c1-5-12-9-14(18-11-17-12)21-13-7-6-8-19(10-13)15(20)22-16(2,3)4/h9,11,13H,5-8,10H2,1-4H3/t13-/m0/s1. The molecule has 0 spiro atoms. The van der Waals surface area contributed by atoms with E-state index in [1.54, 1.807) is 4.90 Å². The van der Waals surface area contributed by atoms with Crippen LogP contribution in [0.4, 0.5) is 4.79 Å². The van der Waals surface area contributed by atoms with Crippen molar-refractivity contribution in [3.8, 4) is 5.88 Å². The van der Waals surface area contributed by atoms with Crippen LogP contribution in [-0.4, -0.2) is 45.8 Å². The van der Waals surface area contributed by atoms with E-state index in [1.807, 2.05) is 33.8 Å². The van der Waals surface area contributed by atoms with E-state index in [4.69, 9.17) is 9.47 Å². The highest BCUT2D eigenvalue weighted by atomic mass is 16.6. The van der Waals surface area contributed by atoms with Crippen molar-refractivity contribution in [1.29, 1.82) is 0 Å². The van der Waals surface area contributed by atoms with Gasteiger partial charge in [0.25, 0.3) is 0 Å². The van der Waals surface area contributed by atoms with E-state index in [-0.39, 0.29) is 12.2 Å². The molecule has 1 atom stereocenters. The number of aryl methyl sites for hydroxylation is 1. The number of nitrogens with zero attached hydrogens (tertiary/aromatic N) is 3. The van der Waals surface area contributed by atoms with E-state index < -0.39 is 5.60 Å². The van der Waals surface area contributed by atoms with Crippen LogP contribution in [0.3, 0.4) is 0 Å². The van der Waals surface area contributed by atoms with Gasteiger partial charge in [-0.3, -0.25) is 0 Å². The molecule has 2 rings (SSSR count). The Morgan fingerprint density at radius 3 is 2.86 bits per heavy atom. The number of carbonyl (C=O) groups is 1. The van der Waals surface area contributed by atoms with Crippen molar-refractivity contribution in [2.75, 3.05) is 13.1 Å². The molecule has 0 aromatic carbocycles. The molecule has 1 saturated heterocycles. The molecule has 0 radical (unpaired) electrons. The molecular formula is C16H25N3O3. The molecule has 1 fully saturated rings. The van der Waals surface area contributed by atoms with Gasteiger partial charge in [0.15, 0.2) is 0 Å². The second kappa shape index (κ2) is 6.94. The van der Waals surface area contributed by atoms with Crippen molar-refractivity contribution in [2.45, 2.75) is 58.7 Å². The zero-order valence-corrected chi connectivity index (χ0v) is 13.8. The number of piperidine rings is 1. The highest BCUT2D eigenvalue weighted by Crippen LogP contribution is 2.19. The Morgan fingerprint density at radius 1 is 1.41 bits per heavy atom. The van der Waals surface area contributed by atoms with Gasteiger partial charge in [-0.2, -0.15) is 0 Å². The van der Waals surface area contributed by atoms with Crippen molar-refractivity contribution < 1.29 is 14.3 Å². The smallest absolute Gasteiger partial charge is 0.410 e. The largest absolute Gasteiger partial charge is 0.472 e. The molecule has 1 aromatic rings. The number of hydrogen-bond donors (Lipinski definition) is 0. The molecule has 122 valence electrons. The Hall–Kier alpha value is -1.85. The SMILES string of the molecule is CCc1cc(O[C@H]2CCCN(C(=O)OC(C)(C)C)C2)ncn1. The van der Waals surface area contributed by atoms with Crippen LogP contribution >= 0.6 is 0 Å². The lowest BCUT2D eigenvalue weighted by atomic mass is 10.1. The number of likely N-dealkylation sites (tertiary alicyclic amines) is 1. The zero-order chi connectivity index (χ0) is 16.2. The van der Waals surface area contributed by atoms with Gasteiger partial charge in [0.2, 0.25) is 5.88 Å². The fraction of sp³-hybridized carbons (Fsp3) is 0.688. The van der Waals surface area contributed by atoms with E-state index in [0.717, 1.165) is 25.0 Å². The molecule has 1 amide bonds. The summed E-state index contributed by atoms with van der Waals surface area (Å²) in [4.78, 5) is 22.1. The van der Waals surface area contributed by atoms with Crippen LogP contribution < -0.4 is 4.74 Å². The van der Waals surface area contributed by atoms with Crippen LogP contribution in [0.25, 0.3) is 0 Å². The molecule has 0 N–H and O–H groups in total. The highest BCUT2D eigenvalue weighted by molar-refractivity contribution is 5.68. The summed E-state index contributed by atoms with van der Waals surface area (Å²) in [5.74, 6) is 0.572. The van der Waals surface area contributed by atoms with Crippen molar-refractivity contribution >= 4 is 6.09 Å². The predicted octanol–water partition coefficient (Wildman–Crippen LogP) is 2.82. The lowest BCUT2D eigenvalue weighted by Gasteiger charge is -2.33. The Balaban J connectivity index is 1.94. The van der Waals surface area contributed by atoms with Gasteiger partial charge in [-0.15, -0.1) is 0 Å². The molecule has 0 aliphatic carbocycles. The molecule has 6 nitrogen and oxygen atoms in total. The molecular weight excluding hydrogens is 282 g/mol. The topological polar surface area (TPSA) is 64.5 Å². The summed E-state index contributed by atoms with van der Waals surface area (Å²) in [5.41, 5.74) is 0.470. The van der Waals surface area contributed by atoms with E-state index in [9.17, 15) is 4.79 Å². The van der Waals surface area contributed by atoms with Gasteiger partial charge in [-0.25, -0.2) is 14.8 Å². The summed E-state index contributed by atoms with van der Waals surface area (Å²) in [5, 5.41) is 0. The van der Waals surface area contributed by atoms with Crippen LogP contribution in [0, 0.1) is 0 Å². The fourth-order valence-electron chi connectivity index (χ4n) is 2.33. The van der Waals surface area contributed by atoms with Gasteiger partial charge in [0, 0.05) is 18.3 Å². The summed E-state index contributed by atoms with van der Waals surface area (Å²) in [7, 11) is 0. The zero-order valence-electron chi connectivity index (χ0n) is 13.8. The lowest BCUT2D eigenvalue weighted by Crippen LogP contribution is -2.46. The first kappa shape index (κ1) is 16.5. The first-order valence-corrected chi connectivity index (χ1v) is 7.83. The molecule has 0 saturated carbocycles. The third-order valence-electron chi connectivity index (χ3n) is 3.38. The van der Waals surface area contributed by atoms with Crippen LogP contribution in [0.15, 0.2) is 12.4 Å². The average molecular weight is 307 g/mol. The van der Waals surface area contributed by atoms with Gasteiger partial charge in [0.05, 0.1) is 6.54 Å². The van der Waals surface area contributed by atoms with Crippen LogP contribution in [0.1, 0.15) is 46.2 Å². The highest BCUT2D eigenvalue weighted by Gasteiger charge is 2.28. The summed E-state index contributed by atoms with van der Waals surface area (Å²) in [6.45, 7) is 8.89. The number of amides is 1. The van der Waals surface area contributed by atoms with Gasteiger partial charge in [-0.05, 0) is 40.0 Å². The van der Waals surface area contributed by atoms with Crippen LogP contribution in [0.5, 0.6) is 5.88 Å². The van der Waals surface area contributed by atoms with Crippen molar-refractivity contribution in [2.24, 2.45) is 0 Å². The van der Waals surface area contributed by atoms with E-state index >= 15 is 0 Å². The van der Waals surface area contributed by atoms with Crippen molar-refractivity contribution in [3.05, 3.63) is 18.1 Å². The fourth-order valence-corrected chi connectivity index (χ4v) is 2.33. The number of ether oxygens (including phenoxy) is 2. The van der Waals surface area contributed by atoms with Gasteiger partial charge >= 0.3 is 6.09 Å². The number of aromatic nitrogens is 2. The minimum absolute atomic E-state index is 0.0547. The molecule has 2 heterocycles. The van der Waals surface area contributed by atoms with E-state index in [0.29, 0.717) is 19.0 Å². The summed E-state index contributed by atoms with van der Waals surface area (Å²) in [6, 6.07) is 1.85. The molecule has 1 aliphatic heterocycles. The minimum Gasteiger partial charge on any atom is -0.472 e. The first-order chi connectivity index (χ1) is 10.4. The maximum absolute atomic E-state index is 12.1. The van der Waals surface area contributed by atoms with Crippen LogP contribution in [-0.2, 0) is 11.2 Å². The summed E-state index contributed by atoms with van der Waals surface area (Å²) < 4.78 is 11.3. The monoisotopic (exact) mass is 307 g/mol. The van der Waals surface area contributed by atoms with Gasteiger partial charge in [0.1, 0.15) is 18.0 Å². The Bertz CT molecular complexity index is 514. The number of rotatable bonds is 3. The summed E-state index contributed by atoms with van der Waals surface area (Å²) >= 11 is 0. The predicted molar refractivity (Wildman–Crippen MR) is 82.9 cm³/mol. The Morgan fingerprint density at radius 2 is 2.18 bits per heavy atom. The maximum Gasteiger partial charge on any atom is 0.410 e. The second-order valence-corrected chi connectivity index (χ2v) is 6.51. The normalized spacial score (nSPS) is 18.9. The quantitative estimate of drug-likeness (QED) is 0.859. The van der Waals surface area contributed by atoms with Crippen molar-refractivity contribution in [3.63, 3.8) is 0 Å². The lowest BCUT2D eigenvalue weighted by molar-refractivity contribution is 0.00719. The summed E-state index contributed by atoms with van der Waals surface area (Å²) in [6.07, 6.45) is 3.83. The van der Waals surface area contributed by atoms with Gasteiger partial charge in [-0.1, -0.05) is 6.92 Å². The second-order valence-electron chi connectivity index (χ2n) is 6.51. The van der Waals surface area contributed by atoms with E-state index in [1.165, 1.54) is 6.33 Å². The third-order valence-corrected chi connectivity index (χ3v) is 3.38. The maximum atomic E-state index is 12.1.